The van der Waals surface area contributed by atoms with Gasteiger partial charge in [0.15, 0.2) is 0 Å². The summed E-state index contributed by atoms with van der Waals surface area (Å²) in [6, 6.07) is 9.23. The second-order valence-electron chi connectivity index (χ2n) is 5.24. The molecule has 2 heterocycles. The van der Waals surface area contributed by atoms with Crippen LogP contribution in [-0.2, 0) is 0 Å². The molecule has 3 rings (SSSR count). The highest BCUT2D eigenvalue weighted by Crippen LogP contribution is 2.34. The largest absolute Gasteiger partial charge is 0.496 e. The highest BCUT2D eigenvalue weighted by Gasteiger charge is 2.32. The van der Waals surface area contributed by atoms with Crippen molar-refractivity contribution in [1.82, 2.24) is 9.88 Å². The zero-order chi connectivity index (χ0) is 14.8. The second-order valence-corrected chi connectivity index (χ2v) is 5.24. The van der Waals surface area contributed by atoms with Crippen LogP contribution in [0.25, 0.3) is 0 Å². The lowest BCUT2D eigenvalue weighted by atomic mass is 10.1. The first-order chi connectivity index (χ1) is 10.2. The quantitative estimate of drug-likeness (QED) is 0.851. The van der Waals surface area contributed by atoms with Gasteiger partial charge in [0, 0.05) is 24.1 Å². The summed E-state index contributed by atoms with van der Waals surface area (Å²) in [4.78, 5) is 18.0. The van der Waals surface area contributed by atoms with E-state index in [0.717, 1.165) is 25.1 Å². The van der Waals surface area contributed by atoms with Gasteiger partial charge in [-0.2, -0.15) is 0 Å². The third kappa shape index (κ3) is 2.46. The van der Waals surface area contributed by atoms with Gasteiger partial charge in [-0.15, -0.1) is 0 Å². The molecule has 0 aliphatic carbocycles. The minimum absolute atomic E-state index is 0.0312. The maximum absolute atomic E-state index is 12.9. The van der Waals surface area contributed by atoms with Crippen LogP contribution in [0.1, 0.15) is 34.9 Å². The van der Waals surface area contributed by atoms with Crippen LogP contribution in [0.3, 0.4) is 0 Å². The molecule has 1 unspecified atom stereocenters. The minimum Gasteiger partial charge on any atom is -0.496 e. The average molecular weight is 285 g/mol. The molecule has 1 aliphatic rings. The van der Waals surface area contributed by atoms with E-state index in [1.807, 2.05) is 23.2 Å². The second kappa shape index (κ2) is 5.52. The fraction of sp³-hybridized carbons (Fsp3) is 0.312. The zero-order valence-electron chi connectivity index (χ0n) is 12.0. The molecule has 0 radical (unpaired) electrons. The summed E-state index contributed by atoms with van der Waals surface area (Å²) in [7, 11) is 1.56. The molecule has 21 heavy (non-hydrogen) atoms. The lowest BCUT2D eigenvalue weighted by Gasteiger charge is -2.25. The van der Waals surface area contributed by atoms with E-state index in [9.17, 15) is 4.79 Å². The number of methoxy groups -OCH3 is 1. The Bertz CT molecular complexity index is 637. The number of rotatable bonds is 3. The van der Waals surface area contributed by atoms with Crippen molar-refractivity contribution in [2.75, 3.05) is 19.4 Å². The SMILES string of the molecule is COc1ccc(N)cc1C(=O)N1CCCC1c1ccc[nH]1. The molecule has 5 heteroatoms. The number of aromatic amines is 1. The molecule has 1 saturated heterocycles. The fourth-order valence-electron chi connectivity index (χ4n) is 2.93. The summed E-state index contributed by atoms with van der Waals surface area (Å²) < 4.78 is 5.30. The predicted molar refractivity (Wildman–Crippen MR) is 81.2 cm³/mol. The molecule has 3 N–H and O–H groups in total. The maximum atomic E-state index is 12.9. The van der Waals surface area contributed by atoms with Gasteiger partial charge in [0.2, 0.25) is 0 Å². The molecule has 110 valence electrons. The highest BCUT2D eigenvalue weighted by atomic mass is 16.5. The Labute approximate surface area is 123 Å². The van der Waals surface area contributed by atoms with E-state index in [-0.39, 0.29) is 11.9 Å². The molecule has 5 nitrogen and oxygen atoms in total. The molecule has 1 aromatic heterocycles. The van der Waals surface area contributed by atoms with Crippen molar-refractivity contribution in [3.8, 4) is 5.75 Å². The van der Waals surface area contributed by atoms with Gasteiger partial charge < -0.3 is 20.4 Å². The normalized spacial score (nSPS) is 18.0. The molecule has 1 atom stereocenters. The number of carbonyl (C=O) groups is 1. The van der Waals surface area contributed by atoms with E-state index in [4.69, 9.17) is 10.5 Å². The first-order valence-corrected chi connectivity index (χ1v) is 7.08. The van der Waals surface area contributed by atoms with Crippen molar-refractivity contribution >= 4 is 11.6 Å². The number of amides is 1. The van der Waals surface area contributed by atoms with Gasteiger partial charge in [0.05, 0.1) is 18.7 Å². The predicted octanol–water partition coefficient (Wildman–Crippen LogP) is 2.58. The van der Waals surface area contributed by atoms with Gasteiger partial charge in [-0.3, -0.25) is 4.79 Å². The van der Waals surface area contributed by atoms with E-state index in [1.165, 1.54) is 0 Å². The van der Waals surface area contributed by atoms with Crippen molar-refractivity contribution in [2.24, 2.45) is 0 Å². The van der Waals surface area contributed by atoms with Gasteiger partial charge >= 0.3 is 0 Å². The first kappa shape index (κ1) is 13.5. The van der Waals surface area contributed by atoms with E-state index >= 15 is 0 Å². The topological polar surface area (TPSA) is 71.3 Å². The number of hydrogen-bond acceptors (Lipinski definition) is 3. The van der Waals surface area contributed by atoms with Crippen LogP contribution in [0, 0.1) is 0 Å². The maximum Gasteiger partial charge on any atom is 0.258 e. The first-order valence-electron chi connectivity index (χ1n) is 7.08. The number of likely N-dealkylation sites (tertiary alicyclic amines) is 1. The fourth-order valence-corrected chi connectivity index (χ4v) is 2.93. The van der Waals surface area contributed by atoms with Gasteiger partial charge in [-0.05, 0) is 43.2 Å². The van der Waals surface area contributed by atoms with Crippen molar-refractivity contribution in [3.63, 3.8) is 0 Å². The third-order valence-corrected chi connectivity index (χ3v) is 3.95. The lowest BCUT2D eigenvalue weighted by molar-refractivity contribution is 0.0730. The smallest absolute Gasteiger partial charge is 0.258 e. The molecule has 1 fully saturated rings. The monoisotopic (exact) mass is 285 g/mol. The van der Waals surface area contributed by atoms with Crippen molar-refractivity contribution in [3.05, 3.63) is 47.8 Å². The van der Waals surface area contributed by atoms with Crippen LogP contribution in [0.15, 0.2) is 36.5 Å². The van der Waals surface area contributed by atoms with Gasteiger partial charge in [-0.1, -0.05) is 0 Å². The lowest BCUT2D eigenvalue weighted by Crippen LogP contribution is -2.31. The van der Waals surface area contributed by atoms with Gasteiger partial charge in [0.1, 0.15) is 5.75 Å². The molecular weight excluding hydrogens is 266 g/mol. The summed E-state index contributed by atoms with van der Waals surface area (Å²) >= 11 is 0. The molecule has 2 aromatic rings. The van der Waals surface area contributed by atoms with E-state index < -0.39 is 0 Å². The van der Waals surface area contributed by atoms with E-state index in [0.29, 0.717) is 17.0 Å². The van der Waals surface area contributed by atoms with Crippen LogP contribution >= 0.6 is 0 Å². The zero-order valence-corrected chi connectivity index (χ0v) is 12.0. The summed E-state index contributed by atoms with van der Waals surface area (Å²) in [6.45, 7) is 0.750. The van der Waals surface area contributed by atoms with Crippen molar-refractivity contribution in [2.45, 2.75) is 18.9 Å². The van der Waals surface area contributed by atoms with Crippen LogP contribution in [0.2, 0.25) is 0 Å². The Morgan fingerprint density at radius 2 is 2.29 bits per heavy atom. The molecule has 1 amide bonds. The number of nitrogens with one attached hydrogen (secondary N) is 1. The number of nitrogens with two attached hydrogens (primary N) is 1. The summed E-state index contributed by atoms with van der Waals surface area (Å²) in [6.07, 6.45) is 3.86. The van der Waals surface area contributed by atoms with Crippen LogP contribution in [-0.4, -0.2) is 29.4 Å². The van der Waals surface area contributed by atoms with Crippen LogP contribution in [0.5, 0.6) is 5.75 Å². The van der Waals surface area contributed by atoms with Gasteiger partial charge in [0.25, 0.3) is 5.91 Å². The number of anilines is 1. The van der Waals surface area contributed by atoms with Crippen LogP contribution in [0.4, 0.5) is 5.69 Å². The highest BCUT2D eigenvalue weighted by molar-refractivity contribution is 5.98. The number of nitrogens with zero attached hydrogens (tertiary/aromatic N) is 1. The standard InChI is InChI=1S/C16H19N3O2/c1-21-15-7-6-11(17)10-12(15)16(20)19-9-3-5-14(19)13-4-2-8-18-13/h2,4,6-8,10,14,18H,3,5,9,17H2,1H3. The Balaban J connectivity index is 1.93. The summed E-state index contributed by atoms with van der Waals surface area (Å²) in [5, 5.41) is 0. The van der Waals surface area contributed by atoms with Crippen molar-refractivity contribution in [1.29, 1.82) is 0 Å². The number of nitrogen functional groups attached to an aromatic ring is 1. The Kier molecular flexibility index (Phi) is 3.56. The molecular formula is C16H19N3O2. The number of hydrogen-bond donors (Lipinski definition) is 2. The third-order valence-electron chi connectivity index (χ3n) is 3.95. The van der Waals surface area contributed by atoms with E-state index in [1.54, 1.807) is 25.3 Å². The van der Waals surface area contributed by atoms with Gasteiger partial charge in [-0.25, -0.2) is 0 Å². The van der Waals surface area contributed by atoms with E-state index in [2.05, 4.69) is 4.98 Å². The van der Waals surface area contributed by atoms with Crippen LogP contribution < -0.4 is 10.5 Å². The average Bonchev–Trinajstić information content (AvgIpc) is 3.16. The minimum atomic E-state index is -0.0312. The number of aromatic nitrogens is 1. The molecule has 0 spiro atoms. The Morgan fingerprint density at radius 1 is 1.43 bits per heavy atom. The summed E-state index contributed by atoms with van der Waals surface area (Å²) in [5.41, 5.74) is 7.98. The molecule has 1 aliphatic heterocycles. The number of carbonyl (C=O) groups excluding carboxylic acids is 1. The molecule has 0 bridgehead atoms. The summed E-state index contributed by atoms with van der Waals surface area (Å²) in [5.74, 6) is 0.530. The molecule has 0 saturated carbocycles. The number of benzene rings is 1. The Hall–Kier alpha value is -2.43. The molecule has 1 aromatic carbocycles. The number of H-pyrrole nitrogens is 1. The number of ether oxygens (including phenoxy) is 1. The Morgan fingerprint density at radius 3 is 3.00 bits per heavy atom. The van der Waals surface area contributed by atoms with Crippen molar-refractivity contribution < 1.29 is 9.53 Å².